The molecule has 0 fully saturated rings. The maximum absolute atomic E-state index is 5.42. The molecule has 0 aliphatic carbocycles. The molecule has 0 aliphatic rings. The molecule has 6 nitrogen and oxygen atoms in total. The lowest BCUT2D eigenvalue weighted by molar-refractivity contribution is 0.0185. The van der Waals surface area contributed by atoms with Gasteiger partial charge in [-0.15, -0.1) is 5.10 Å². The van der Waals surface area contributed by atoms with E-state index in [0.29, 0.717) is 0 Å². The Bertz CT molecular complexity index is 551. The van der Waals surface area contributed by atoms with E-state index in [0.717, 1.165) is 24.3 Å². The van der Waals surface area contributed by atoms with Crippen molar-refractivity contribution in [2.75, 3.05) is 19.0 Å². The van der Waals surface area contributed by atoms with Crippen molar-refractivity contribution < 1.29 is 4.74 Å². The van der Waals surface area contributed by atoms with Gasteiger partial charge in [-0.1, -0.05) is 6.07 Å². The summed E-state index contributed by atoms with van der Waals surface area (Å²) < 4.78 is 7.06. The summed E-state index contributed by atoms with van der Waals surface area (Å²) in [5.41, 5.74) is 3.10. The standard InChI is InChI=1S/C14H21N5O/c1-11-5-6-12(19-10-16-17-18-19)9-13(11)15-8-7-14(2,3)20-4/h5-6,9-10,15H,7-8H2,1-4H3. The lowest BCUT2D eigenvalue weighted by atomic mass is 10.1. The molecule has 0 atom stereocenters. The fraction of sp³-hybridized carbons (Fsp3) is 0.500. The Labute approximate surface area is 119 Å². The highest BCUT2D eigenvalue weighted by Gasteiger charge is 2.15. The van der Waals surface area contributed by atoms with Gasteiger partial charge < -0.3 is 10.1 Å². The first-order chi connectivity index (χ1) is 9.52. The average molecular weight is 275 g/mol. The number of benzene rings is 1. The third-order valence-electron chi connectivity index (χ3n) is 3.43. The average Bonchev–Trinajstić information content (AvgIpc) is 2.95. The molecule has 0 spiro atoms. The number of aryl methyl sites for hydroxylation is 1. The summed E-state index contributed by atoms with van der Waals surface area (Å²) in [6.07, 6.45) is 2.51. The van der Waals surface area contributed by atoms with E-state index in [4.69, 9.17) is 4.74 Å². The van der Waals surface area contributed by atoms with Gasteiger partial charge in [-0.25, -0.2) is 4.68 Å². The third kappa shape index (κ3) is 3.54. The Balaban J connectivity index is 2.06. The van der Waals surface area contributed by atoms with Gasteiger partial charge in [0.1, 0.15) is 6.33 Å². The molecule has 108 valence electrons. The monoisotopic (exact) mass is 275 g/mol. The summed E-state index contributed by atoms with van der Waals surface area (Å²) in [7, 11) is 1.74. The van der Waals surface area contributed by atoms with E-state index < -0.39 is 0 Å². The van der Waals surface area contributed by atoms with Gasteiger partial charge >= 0.3 is 0 Å². The van der Waals surface area contributed by atoms with Crippen LogP contribution in [-0.4, -0.2) is 39.5 Å². The van der Waals surface area contributed by atoms with Gasteiger partial charge in [0.05, 0.1) is 11.3 Å². The van der Waals surface area contributed by atoms with Crippen molar-refractivity contribution in [1.82, 2.24) is 20.2 Å². The molecule has 0 radical (unpaired) electrons. The van der Waals surface area contributed by atoms with Crippen LogP contribution >= 0.6 is 0 Å². The van der Waals surface area contributed by atoms with E-state index in [1.807, 2.05) is 12.1 Å². The summed E-state index contributed by atoms with van der Waals surface area (Å²) in [4.78, 5) is 0. The molecule has 1 aromatic carbocycles. The van der Waals surface area contributed by atoms with E-state index in [1.165, 1.54) is 5.56 Å². The zero-order valence-corrected chi connectivity index (χ0v) is 12.4. The number of aromatic nitrogens is 4. The third-order valence-corrected chi connectivity index (χ3v) is 3.43. The van der Waals surface area contributed by atoms with Crippen LogP contribution in [0.2, 0.25) is 0 Å². The fourth-order valence-electron chi connectivity index (χ4n) is 1.82. The van der Waals surface area contributed by atoms with E-state index in [2.05, 4.69) is 47.7 Å². The lowest BCUT2D eigenvalue weighted by Crippen LogP contribution is -2.25. The molecule has 0 amide bonds. The summed E-state index contributed by atoms with van der Waals surface area (Å²) in [6.45, 7) is 7.09. The Hall–Kier alpha value is -1.95. The van der Waals surface area contributed by atoms with Gasteiger partial charge in [0.2, 0.25) is 0 Å². The van der Waals surface area contributed by atoms with Gasteiger partial charge in [0, 0.05) is 19.3 Å². The predicted octanol–water partition coefficient (Wildman–Crippen LogP) is 2.20. The number of tetrazole rings is 1. The Morgan fingerprint density at radius 3 is 2.80 bits per heavy atom. The van der Waals surface area contributed by atoms with Crippen LogP contribution in [0.4, 0.5) is 5.69 Å². The molecule has 20 heavy (non-hydrogen) atoms. The van der Waals surface area contributed by atoms with Crippen molar-refractivity contribution in [3.05, 3.63) is 30.1 Å². The normalized spacial score (nSPS) is 11.6. The summed E-state index contributed by atoms with van der Waals surface area (Å²) in [5, 5.41) is 14.6. The molecule has 0 unspecified atom stereocenters. The minimum absolute atomic E-state index is 0.117. The summed E-state index contributed by atoms with van der Waals surface area (Å²) >= 11 is 0. The van der Waals surface area contributed by atoms with E-state index in [9.17, 15) is 0 Å². The van der Waals surface area contributed by atoms with Gasteiger partial charge in [-0.2, -0.15) is 0 Å². The van der Waals surface area contributed by atoms with Crippen LogP contribution in [0.1, 0.15) is 25.8 Å². The largest absolute Gasteiger partial charge is 0.385 e. The van der Waals surface area contributed by atoms with Crippen LogP contribution in [-0.2, 0) is 4.74 Å². The number of nitrogens with zero attached hydrogens (tertiary/aromatic N) is 4. The van der Waals surface area contributed by atoms with Gasteiger partial charge in [0.25, 0.3) is 0 Å². The number of methoxy groups -OCH3 is 1. The Kier molecular flexibility index (Phi) is 4.34. The van der Waals surface area contributed by atoms with Crippen molar-refractivity contribution in [3.63, 3.8) is 0 Å². The first-order valence-electron chi connectivity index (χ1n) is 6.65. The molecule has 0 bridgehead atoms. The number of nitrogens with one attached hydrogen (secondary N) is 1. The van der Waals surface area contributed by atoms with Crippen LogP contribution in [0.3, 0.4) is 0 Å². The highest BCUT2D eigenvalue weighted by molar-refractivity contribution is 5.56. The topological polar surface area (TPSA) is 64.9 Å². The molecule has 1 N–H and O–H groups in total. The van der Waals surface area contributed by atoms with Gasteiger partial charge in [-0.05, 0) is 55.3 Å². The zero-order valence-electron chi connectivity index (χ0n) is 12.4. The molecule has 6 heteroatoms. The minimum atomic E-state index is -0.117. The molecular weight excluding hydrogens is 254 g/mol. The van der Waals surface area contributed by atoms with Crippen molar-refractivity contribution >= 4 is 5.69 Å². The molecule has 0 saturated carbocycles. The zero-order chi connectivity index (χ0) is 14.6. The molecule has 0 saturated heterocycles. The number of ether oxygens (including phenoxy) is 1. The predicted molar refractivity (Wildman–Crippen MR) is 78.1 cm³/mol. The van der Waals surface area contributed by atoms with Crippen LogP contribution in [0, 0.1) is 6.92 Å². The van der Waals surface area contributed by atoms with E-state index >= 15 is 0 Å². The highest BCUT2D eigenvalue weighted by Crippen LogP contribution is 2.20. The van der Waals surface area contributed by atoms with E-state index in [-0.39, 0.29) is 5.60 Å². The summed E-state index contributed by atoms with van der Waals surface area (Å²) in [5.74, 6) is 0. The molecule has 2 rings (SSSR count). The van der Waals surface area contributed by atoms with Crippen molar-refractivity contribution in [2.24, 2.45) is 0 Å². The van der Waals surface area contributed by atoms with Crippen LogP contribution < -0.4 is 5.32 Å². The molecule has 2 aromatic rings. The van der Waals surface area contributed by atoms with Crippen LogP contribution in [0.25, 0.3) is 5.69 Å². The lowest BCUT2D eigenvalue weighted by Gasteiger charge is -2.23. The quantitative estimate of drug-likeness (QED) is 0.875. The molecule has 0 aliphatic heterocycles. The second-order valence-corrected chi connectivity index (χ2v) is 5.39. The second-order valence-electron chi connectivity index (χ2n) is 5.39. The second kappa shape index (κ2) is 6.00. The first kappa shape index (κ1) is 14.5. The maximum Gasteiger partial charge on any atom is 0.143 e. The molecular formula is C14H21N5O. The van der Waals surface area contributed by atoms with Crippen molar-refractivity contribution in [2.45, 2.75) is 32.8 Å². The minimum Gasteiger partial charge on any atom is -0.385 e. The van der Waals surface area contributed by atoms with Gasteiger partial charge in [-0.3, -0.25) is 0 Å². The SMILES string of the molecule is COC(C)(C)CCNc1cc(-n2cnnn2)ccc1C. The number of rotatable bonds is 6. The molecule has 1 heterocycles. The number of anilines is 1. The highest BCUT2D eigenvalue weighted by atomic mass is 16.5. The van der Waals surface area contributed by atoms with Crippen molar-refractivity contribution in [1.29, 1.82) is 0 Å². The van der Waals surface area contributed by atoms with E-state index in [1.54, 1.807) is 18.1 Å². The fourth-order valence-corrected chi connectivity index (χ4v) is 1.82. The summed E-state index contributed by atoms with van der Waals surface area (Å²) in [6, 6.07) is 6.10. The Morgan fingerprint density at radius 2 is 2.15 bits per heavy atom. The number of hydrogen-bond donors (Lipinski definition) is 1. The van der Waals surface area contributed by atoms with Crippen molar-refractivity contribution in [3.8, 4) is 5.69 Å². The smallest absolute Gasteiger partial charge is 0.143 e. The van der Waals surface area contributed by atoms with Gasteiger partial charge in [0.15, 0.2) is 0 Å². The number of hydrogen-bond acceptors (Lipinski definition) is 5. The molecule has 1 aromatic heterocycles. The van der Waals surface area contributed by atoms with Crippen LogP contribution in [0.5, 0.6) is 0 Å². The van der Waals surface area contributed by atoms with Crippen LogP contribution in [0.15, 0.2) is 24.5 Å². The first-order valence-corrected chi connectivity index (χ1v) is 6.65. The maximum atomic E-state index is 5.42. The Morgan fingerprint density at radius 1 is 1.35 bits per heavy atom.